The van der Waals surface area contributed by atoms with Crippen molar-refractivity contribution in [1.29, 1.82) is 0 Å². The number of hydrogen-bond acceptors (Lipinski definition) is 2. The van der Waals surface area contributed by atoms with E-state index in [1.54, 1.807) is 0 Å². The Labute approximate surface area is 67.9 Å². The van der Waals surface area contributed by atoms with Gasteiger partial charge in [-0.15, -0.1) is 0 Å². The molecule has 1 aliphatic rings. The fourth-order valence-electron chi connectivity index (χ4n) is 1.74. The number of esters is 1. The maximum absolute atomic E-state index is 11.2. The summed E-state index contributed by atoms with van der Waals surface area (Å²) < 4.78 is 4.96. The molecule has 11 heavy (non-hydrogen) atoms. The van der Waals surface area contributed by atoms with Crippen LogP contribution < -0.4 is 0 Å². The Bertz CT molecular complexity index is 142. The van der Waals surface area contributed by atoms with Gasteiger partial charge in [-0.1, -0.05) is 13.3 Å². The molecule has 0 aromatic heterocycles. The predicted molar refractivity (Wildman–Crippen MR) is 43.1 cm³/mol. The lowest BCUT2D eigenvalue weighted by atomic mass is 9.99. The van der Waals surface area contributed by atoms with E-state index in [1.807, 2.05) is 6.92 Å². The van der Waals surface area contributed by atoms with Gasteiger partial charge in [0.25, 0.3) is 0 Å². The van der Waals surface area contributed by atoms with E-state index in [4.69, 9.17) is 4.74 Å². The van der Waals surface area contributed by atoms with Crippen molar-refractivity contribution in [3.8, 4) is 0 Å². The Morgan fingerprint density at radius 2 is 2.27 bits per heavy atom. The fraction of sp³-hybridized carbons (Fsp3) is 0.889. The average molecular weight is 156 g/mol. The van der Waals surface area contributed by atoms with Crippen molar-refractivity contribution in [3.63, 3.8) is 0 Å². The van der Waals surface area contributed by atoms with Crippen molar-refractivity contribution in [3.05, 3.63) is 0 Å². The van der Waals surface area contributed by atoms with Gasteiger partial charge in [0.15, 0.2) is 0 Å². The van der Waals surface area contributed by atoms with E-state index in [1.165, 1.54) is 12.8 Å². The molecule has 64 valence electrons. The molecule has 0 bridgehead atoms. The Kier molecular flexibility index (Phi) is 2.92. The van der Waals surface area contributed by atoms with Crippen molar-refractivity contribution in [1.82, 2.24) is 0 Å². The smallest absolute Gasteiger partial charge is 0.309 e. The van der Waals surface area contributed by atoms with E-state index < -0.39 is 0 Å². The minimum Gasteiger partial charge on any atom is -0.466 e. The molecule has 0 N–H and O–H groups in total. The highest BCUT2D eigenvalue weighted by atomic mass is 16.5. The van der Waals surface area contributed by atoms with Gasteiger partial charge in [-0.3, -0.25) is 4.79 Å². The van der Waals surface area contributed by atoms with Crippen LogP contribution in [0.2, 0.25) is 0 Å². The molecule has 2 nitrogen and oxygen atoms in total. The summed E-state index contributed by atoms with van der Waals surface area (Å²) in [6.07, 6.45) is 3.40. The highest BCUT2D eigenvalue weighted by molar-refractivity contribution is 5.73. The first kappa shape index (κ1) is 8.57. The maximum atomic E-state index is 11.2. The predicted octanol–water partition coefficient (Wildman–Crippen LogP) is 1.99. The van der Waals surface area contributed by atoms with Crippen LogP contribution in [0.15, 0.2) is 0 Å². The van der Waals surface area contributed by atoms with Crippen LogP contribution in [0.3, 0.4) is 0 Å². The molecule has 1 aliphatic carbocycles. The lowest BCUT2D eigenvalue weighted by molar-refractivity contribution is -0.149. The molecular weight excluding hydrogens is 140 g/mol. The van der Waals surface area contributed by atoms with Crippen molar-refractivity contribution in [2.45, 2.75) is 33.1 Å². The van der Waals surface area contributed by atoms with Crippen LogP contribution in [0, 0.1) is 11.8 Å². The highest BCUT2D eigenvalue weighted by Gasteiger charge is 2.30. The molecule has 0 radical (unpaired) electrons. The summed E-state index contributed by atoms with van der Waals surface area (Å²) in [7, 11) is 0. The first-order valence-electron chi connectivity index (χ1n) is 4.42. The second kappa shape index (κ2) is 3.74. The largest absolute Gasteiger partial charge is 0.466 e. The van der Waals surface area contributed by atoms with Crippen molar-refractivity contribution >= 4 is 5.97 Å². The van der Waals surface area contributed by atoms with Gasteiger partial charge in [0.1, 0.15) is 0 Å². The molecule has 0 aliphatic heterocycles. The summed E-state index contributed by atoms with van der Waals surface area (Å²) in [6, 6.07) is 0. The quantitative estimate of drug-likeness (QED) is 0.571. The summed E-state index contributed by atoms with van der Waals surface area (Å²) in [5.41, 5.74) is 0. The standard InChI is InChI=1S/C9H16O2/c1-3-11-9(10)8-6-4-5-7(8)2/h7-8H,3-6H2,1-2H3/t7-,8+/m1/s1. The van der Waals surface area contributed by atoms with Gasteiger partial charge in [-0.2, -0.15) is 0 Å². The van der Waals surface area contributed by atoms with E-state index in [0.29, 0.717) is 12.5 Å². The number of hydrogen-bond donors (Lipinski definition) is 0. The Morgan fingerprint density at radius 1 is 1.55 bits per heavy atom. The van der Waals surface area contributed by atoms with Gasteiger partial charge in [0.05, 0.1) is 12.5 Å². The molecule has 0 heterocycles. The molecular formula is C9H16O2. The van der Waals surface area contributed by atoms with E-state index in [9.17, 15) is 4.79 Å². The average Bonchev–Trinajstić information content (AvgIpc) is 2.36. The van der Waals surface area contributed by atoms with Crippen LogP contribution in [-0.2, 0) is 9.53 Å². The van der Waals surface area contributed by atoms with Crippen LogP contribution >= 0.6 is 0 Å². The Hall–Kier alpha value is -0.530. The van der Waals surface area contributed by atoms with Crippen LogP contribution in [0.5, 0.6) is 0 Å². The molecule has 0 unspecified atom stereocenters. The summed E-state index contributed by atoms with van der Waals surface area (Å²) in [6.45, 7) is 4.51. The Morgan fingerprint density at radius 3 is 2.73 bits per heavy atom. The zero-order chi connectivity index (χ0) is 8.27. The molecule has 0 aromatic rings. The zero-order valence-corrected chi connectivity index (χ0v) is 7.30. The van der Waals surface area contributed by atoms with Gasteiger partial charge < -0.3 is 4.74 Å². The summed E-state index contributed by atoms with van der Waals surface area (Å²) in [4.78, 5) is 11.2. The summed E-state index contributed by atoms with van der Waals surface area (Å²) in [5, 5.41) is 0. The maximum Gasteiger partial charge on any atom is 0.309 e. The highest BCUT2D eigenvalue weighted by Crippen LogP contribution is 2.31. The fourth-order valence-corrected chi connectivity index (χ4v) is 1.74. The topological polar surface area (TPSA) is 26.3 Å². The van der Waals surface area contributed by atoms with E-state index in [2.05, 4.69) is 6.92 Å². The van der Waals surface area contributed by atoms with Crippen molar-refractivity contribution < 1.29 is 9.53 Å². The summed E-state index contributed by atoms with van der Waals surface area (Å²) in [5.74, 6) is 0.737. The number of rotatable bonds is 2. The molecule has 1 fully saturated rings. The first-order chi connectivity index (χ1) is 5.25. The van der Waals surface area contributed by atoms with Crippen LogP contribution in [0.4, 0.5) is 0 Å². The Balaban J connectivity index is 2.39. The first-order valence-corrected chi connectivity index (χ1v) is 4.42. The SMILES string of the molecule is CCOC(=O)[C@H]1CCC[C@H]1C. The molecule has 2 heteroatoms. The van der Waals surface area contributed by atoms with Gasteiger partial charge in [-0.05, 0) is 25.7 Å². The van der Waals surface area contributed by atoms with Crippen molar-refractivity contribution in [2.24, 2.45) is 11.8 Å². The third-order valence-electron chi connectivity index (χ3n) is 2.45. The molecule has 1 saturated carbocycles. The van der Waals surface area contributed by atoms with Crippen LogP contribution in [-0.4, -0.2) is 12.6 Å². The zero-order valence-electron chi connectivity index (χ0n) is 7.30. The third kappa shape index (κ3) is 1.95. The van der Waals surface area contributed by atoms with Crippen LogP contribution in [0.25, 0.3) is 0 Å². The molecule has 0 aromatic carbocycles. The normalized spacial score (nSPS) is 30.4. The monoisotopic (exact) mass is 156 g/mol. The van der Waals surface area contributed by atoms with E-state index in [0.717, 1.165) is 6.42 Å². The second-order valence-corrected chi connectivity index (χ2v) is 3.27. The summed E-state index contributed by atoms with van der Waals surface area (Å²) >= 11 is 0. The van der Waals surface area contributed by atoms with E-state index in [-0.39, 0.29) is 11.9 Å². The molecule has 1 rings (SSSR count). The molecule has 2 atom stereocenters. The lowest BCUT2D eigenvalue weighted by Crippen LogP contribution is -2.19. The van der Waals surface area contributed by atoms with Gasteiger partial charge in [-0.25, -0.2) is 0 Å². The van der Waals surface area contributed by atoms with Gasteiger partial charge >= 0.3 is 5.97 Å². The molecule has 0 saturated heterocycles. The number of carbonyl (C=O) groups excluding carboxylic acids is 1. The van der Waals surface area contributed by atoms with E-state index >= 15 is 0 Å². The molecule has 0 spiro atoms. The molecule has 0 amide bonds. The van der Waals surface area contributed by atoms with Crippen LogP contribution in [0.1, 0.15) is 33.1 Å². The number of ether oxygens (including phenoxy) is 1. The van der Waals surface area contributed by atoms with Crippen molar-refractivity contribution in [2.75, 3.05) is 6.61 Å². The minimum absolute atomic E-state index is 0.0116. The lowest BCUT2D eigenvalue weighted by Gasteiger charge is -2.12. The minimum atomic E-state index is 0.0116. The second-order valence-electron chi connectivity index (χ2n) is 3.27. The van der Waals surface area contributed by atoms with Gasteiger partial charge in [0.2, 0.25) is 0 Å². The number of carbonyl (C=O) groups is 1. The third-order valence-corrected chi connectivity index (χ3v) is 2.45. The van der Waals surface area contributed by atoms with Gasteiger partial charge in [0, 0.05) is 0 Å².